The van der Waals surface area contributed by atoms with E-state index in [9.17, 15) is 17.2 Å². The average Bonchev–Trinajstić information content (AvgIpc) is 2.59. The summed E-state index contributed by atoms with van der Waals surface area (Å²) in [5.41, 5.74) is -0.687. The fourth-order valence-corrected chi connectivity index (χ4v) is 4.08. The number of anilines is 1. The average molecular weight is 393 g/mol. The highest BCUT2D eigenvalue weighted by Gasteiger charge is 2.21. The monoisotopic (exact) mass is 392 g/mol. The Balaban J connectivity index is 2.08. The molecular weight excluding hydrogens is 382 g/mol. The van der Waals surface area contributed by atoms with Crippen LogP contribution in [0.25, 0.3) is 10.8 Å². The van der Waals surface area contributed by atoms with E-state index in [0.29, 0.717) is 15.8 Å². The summed E-state index contributed by atoms with van der Waals surface area (Å²) < 4.78 is 55.6. The maximum absolute atomic E-state index is 14.2. The minimum absolute atomic E-state index is 0.113. The van der Waals surface area contributed by atoms with Gasteiger partial charge in [-0.2, -0.15) is 5.26 Å². The lowest BCUT2D eigenvalue weighted by Crippen LogP contribution is -2.15. The van der Waals surface area contributed by atoms with E-state index in [1.807, 2.05) is 0 Å². The van der Waals surface area contributed by atoms with E-state index in [0.717, 1.165) is 12.1 Å². The molecule has 0 saturated carbocycles. The third-order valence-electron chi connectivity index (χ3n) is 3.77. The van der Waals surface area contributed by atoms with Crippen molar-refractivity contribution >= 4 is 38.1 Å². The Labute approximate surface area is 153 Å². The predicted molar refractivity (Wildman–Crippen MR) is 95.4 cm³/mol. The van der Waals surface area contributed by atoms with Crippen molar-refractivity contribution in [3.05, 3.63) is 70.8 Å². The molecule has 3 rings (SSSR count). The van der Waals surface area contributed by atoms with Gasteiger partial charge in [0.05, 0.1) is 23.1 Å². The number of nitrogens with zero attached hydrogens (tertiary/aromatic N) is 1. The van der Waals surface area contributed by atoms with E-state index in [1.54, 1.807) is 30.3 Å². The zero-order valence-electron chi connectivity index (χ0n) is 13.1. The third kappa shape index (κ3) is 3.34. The summed E-state index contributed by atoms with van der Waals surface area (Å²) in [6.07, 6.45) is -0.322. The van der Waals surface area contributed by atoms with Gasteiger partial charge in [-0.25, -0.2) is 17.2 Å². The Morgan fingerprint density at radius 2 is 1.73 bits per heavy atom. The molecule has 132 valence electrons. The summed E-state index contributed by atoms with van der Waals surface area (Å²) in [4.78, 5) is -0.113. The van der Waals surface area contributed by atoms with Crippen LogP contribution in [0.2, 0.25) is 5.02 Å². The molecule has 0 radical (unpaired) electrons. The SMILES string of the molecule is N#CCc1cc(F)c(NS(=O)(=O)c2cccc3c(Cl)cccc23)cc1F. The lowest BCUT2D eigenvalue weighted by molar-refractivity contribution is 0.589. The summed E-state index contributed by atoms with van der Waals surface area (Å²) in [7, 11) is -4.20. The molecule has 26 heavy (non-hydrogen) atoms. The van der Waals surface area contributed by atoms with Crippen LogP contribution in [-0.4, -0.2) is 8.42 Å². The smallest absolute Gasteiger partial charge is 0.262 e. The van der Waals surface area contributed by atoms with Crippen molar-refractivity contribution in [2.45, 2.75) is 11.3 Å². The van der Waals surface area contributed by atoms with Gasteiger partial charge < -0.3 is 0 Å². The maximum atomic E-state index is 14.2. The summed E-state index contributed by atoms with van der Waals surface area (Å²) in [6, 6.07) is 12.5. The molecule has 0 aliphatic heterocycles. The van der Waals surface area contributed by atoms with E-state index in [2.05, 4.69) is 4.72 Å². The van der Waals surface area contributed by atoms with Crippen molar-refractivity contribution in [3.8, 4) is 6.07 Å². The van der Waals surface area contributed by atoms with Gasteiger partial charge in [-0.05, 0) is 18.2 Å². The zero-order chi connectivity index (χ0) is 18.9. The number of nitrogens with one attached hydrogen (secondary N) is 1. The summed E-state index contributed by atoms with van der Waals surface area (Å²) in [6.45, 7) is 0. The van der Waals surface area contributed by atoms with Crippen LogP contribution in [0.5, 0.6) is 0 Å². The quantitative estimate of drug-likeness (QED) is 0.703. The van der Waals surface area contributed by atoms with Crippen LogP contribution in [0.1, 0.15) is 5.56 Å². The summed E-state index contributed by atoms with van der Waals surface area (Å²) in [5.74, 6) is -1.84. The largest absolute Gasteiger partial charge is 0.277 e. The first-order valence-electron chi connectivity index (χ1n) is 7.38. The van der Waals surface area contributed by atoms with Gasteiger partial charge in [0.1, 0.15) is 11.6 Å². The molecule has 0 aliphatic carbocycles. The molecule has 0 bridgehead atoms. The van der Waals surface area contributed by atoms with Gasteiger partial charge in [0.2, 0.25) is 0 Å². The van der Waals surface area contributed by atoms with Crippen LogP contribution in [0.4, 0.5) is 14.5 Å². The Morgan fingerprint density at radius 1 is 1.04 bits per heavy atom. The summed E-state index contributed by atoms with van der Waals surface area (Å²) in [5, 5.41) is 9.85. The Kier molecular flexibility index (Phi) is 4.81. The van der Waals surface area contributed by atoms with E-state index in [4.69, 9.17) is 16.9 Å². The number of hydrogen-bond donors (Lipinski definition) is 1. The number of nitriles is 1. The Hall–Kier alpha value is -2.69. The first-order chi connectivity index (χ1) is 12.3. The van der Waals surface area contributed by atoms with Crippen LogP contribution in [-0.2, 0) is 16.4 Å². The Bertz CT molecular complexity index is 1160. The minimum Gasteiger partial charge on any atom is -0.277 e. The normalized spacial score (nSPS) is 11.3. The number of rotatable bonds is 4. The van der Waals surface area contributed by atoms with Gasteiger partial charge in [-0.1, -0.05) is 35.9 Å². The number of sulfonamides is 1. The van der Waals surface area contributed by atoms with Crippen molar-refractivity contribution in [3.63, 3.8) is 0 Å². The molecule has 0 amide bonds. The van der Waals surface area contributed by atoms with Crippen molar-refractivity contribution in [2.75, 3.05) is 4.72 Å². The molecule has 0 unspecified atom stereocenters. The van der Waals surface area contributed by atoms with Crippen molar-refractivity contribution in [1.29, 1.82) is 5.26 Å². The summed E-state index contributed by atoms with van der Waals surface area (Å²) >= 11 is 6.08. The van der Waals surface area contributed by atoms with Gasteiger partial charge in [0, 0.05) is 27.4 Å². The number of halogens is 3. The second-order valence-corrected chi connectivity index (χ2v) is 7.51. The molecule has 1 N–H and O–H groups in total. The van der Waals surface area contributed by atoms with Gasteiger partial charge >= 0.3 is 0 Å². The highest BCUT2D eigenvalue weighted by Crippen LogP contribution is 2.30. The van der Waals surface area contributed by atoms with E-state index in [-0.39, 0.29) is 16.9 Å². The lowest BCUT2D eigenvalue weighted by atomic mass is 10.1. The molecule has 4 nitrogen and oxygen atoms in total. The number of benzene rings is 3. The molecule has 8 heteroatoms. The molecule has 0 saturated heterocycles. The third-order valence-corrected chi connectivity index (χ3v) is 5.52. The van der Waals surface area contributed by atoms with Gasteiger partial charge in [0.25, 0.3) is 10.0 Å². The zero-order valence-corrected chi connectivity index (χ0v) is 14.7. The minimum atomic E-state index is -4.20. The topological polar surface area (TPSA) is 70.0 Å². The standard InChI is InChI=1S/C18H11ClF2N2O2S/c19-14-5-1-4-13-12(14)3-2-6-18(13)26(24,25)23-17-10-15(20)11(7-8-22)9-16(17)21/h1-6,9-10,23H,7H2. The fourth-order valence-electron chi connectivity index (χ4n) is 2.56. The number of hydrogen-bond acceptors (Lipinski definition) is 3. The number of fused-ring (bicyclic) bond motifs is 1. The van der Waals surface area contributed by atoms with Crippen molar-refractivity contribution in [2.24, 2.45) is 0 Å². The molecular formula is C18H11ClF2N2O2S. The molecule has 0 atom stereocenters. The lowest BCUT2D eigenvalue weighted by Gasteiger charge is -2.12. The molecule has 3 aromatic rings. The van der Waals surface area contributed by atoms with Gasteiger partial charge in [-0.15, -0.1) is 0 Å². The molecule has 3 aromatic carbocycles. The van der Waals surface area contributed by atoms with Crippen molar-refractivity contribution in [1.82, 2.24) is 0 Å². The second-order valence-electron chi connectivity index (χ2n) is 5.45. The maximum Gasteiger partial charge on any atom is 0.262 e. The highest BCUT2D eigenvalue weighted by atomic mass is 35.5. The molecule has 0 aromatic heterocycles. The van der Waals surface area contributed by atoms with Crippen LogP contribution in [0, 0.1) is 23.0 Å². The van der Waals surface area contributed by atoms with Gasteiger partial charge in [0.15, 0.2) is 0 Å². The molecule has 0 spiro atoms. The molecule has 0 heterocycles. The Morgan fingerprint density at radius 3 is 2.46 bits per heavy atom. The first-order valence-corrected chi connectivity index (χ1v) is 9.24. The van der Waals surface area contributed by atoms with Gasteiger partial charge in [-0.3, -0.25) is 4.72 Å². The van der Waals surface area contributed by atoms with E-state index >= 15 is 0 Å². The van der Waals surface area contributed by atoms with Crippen LogP contribution in [0.3, 0.4) is 0 Å². The van der Waals surface area contributed by atoms with Crippen molar-refractivity contribution < 1.29 is 17.2 Å². The highest BCUT2D eigenvalue weighted by molar-refractivity contribution is 7.93. The molecule has 0 aliphatic rings. The van der Waals surface area contributed by atoms with E-state index in [1.165, 1.54) is 12.1 Å². The predicted octanol–water partition coefficient (Wildman–Crippen LogP) is 4.64. The fraction of sp³-hybridized carbons (Fsp3) is 0.0556. The van der Waals surface area contributed by atoms with E-state index < -0.39 is 27.3 Å². The van der Waals surface area contributed by atoms with Crippen LogP contribution in [0.15, 0.2) is 53.4 Å². The second kappa shape index (κ2) is 6.90. The van der Waals surface area contributed by atoms with Crippen LogP contribution < -0.4 is 4.72 Å². The molecule has 0 fully saturated rings. The van der Waals surface area contributed by atoms with Crippen LogP contribution >= 0.6 is 11.6 Å². The first kappa shape index (κ1) is 18.1.